The van der Waals surface area contributed by atoms with Crippen molar-refractivity contribution in [3.8, 4) is 0 Å². The van der Waals surface area contributed by atoms with Gasteiger partial charge in [0.25, 0.3) is 5.91 Å². The maximum absolute atomic E-state index is 13.2. The highest BCUT2D eigenvalue weighted by molar-refractivity contribution is 9.09. The van der Waals surface area contributed by atoms with Gasteiger partial charge >= 0.3 is 0 Å². The molecule has 0 saturated heterocycles. The molecule has 0 fully saturated rings. The number of rotatable bonds is 4. The van der Waals surface area contributed by atoms with E-state index in [1.165, 1.54) is 12.3 Å². The zero-order valence-electron chi connectivity index (χ0n) is 9.26. The molecule has 0 aliphatic heterocycles. The van der Waals surface area contributed by atoms with Crippen LogP contribution in [0.15, 0.2) is 18.5 Å². The number of pyridine rings is 1. The number of hydrogen-bond donors (Lipinski definition) is 1. The highest BCUT2D eigenvalue weighted by atomic mass is 79.9. The molecule has 1 N–H and O–H groups in total. The summed E-state index contributed by atoms with van der Waals surface area (Å²) in [5, 5.41) is 3.46. The van der Waals surface area contributed by atoms with E-state index < -0.39 is 11.7 Å². The van der Waals surface area contributed by atoms with Crippen LogP contribution in [0.3, 0.4) is 0 Å². The Hall–Kier alpha value is -0.970. The van der Waals surface area contributed by atoms with Crippen LogP contribution in [0, 0.1) is 11.2 Å². The molecule has 0 atom stereocenters. The third-order valence-electron chi connectivity index (χ3n) is 2.11. The number of nitrogens with zero attached hydrogens (tertiary/aromatic N) is 1. The Morgan fingerprint density at radius 2 is 2.31 bits per heavy atom. The highest BCUT2D eigenvalue weighted by Crippen LogP contribution is 2.16. The van der Waals surface area contributed by atoms with Gasteiger partial charge in [-0.3, -0.25) is 9.78 Å². The molecule has 16 heavy (non-hydrogen) atoms. The first-order valence-electron chi connectivity index (χ1n) is 4.90. The van der Waals surface area contributed by atoms with Crippen molar-refractivity contribution in [3.63, 3.8) is 0 Å². The molecule has 1 rings (SSSR count). The molecule has 0 aliphatic rings. The van der Waals surface area contributed by atoms with E-state index in [1.807, 2.05) is 13.8 Å². The average molecular weight is 289 g/mol. The van der Waals surface area contributed by atoms with Crippen molar-refractivity contribution in [2.75, 3.05) is 11.9 Å². The van der Waals surface area contributed by atoms with Crippen molar-refractivity contribution in [2.45, 2.75) is 13.8 Å². The summed E-state index contributed by atoms with van der Waals surface area (Å²) in [4.78, 5) is 15.2. The van der Waals surface area contributed by atoms with E-state index in [0.717, 1.165) is 11.5 Å². The number of hydrogen-bond acceptors (Lipinski definition) is 2. The summed E-state index contributed by atoms with van der Waals surface area (Å²) < 4.78 is 13.2. The van der Waals surface area contributed by atoms with Crippen LogP contribution in [0.5, 0.6) is 0 Å². The molecule has 88 valence electrons. The van der Waals surface area contributed by atoms with Gasteiger partial charge in [0.15, 0.2) is 5.82 Å². The summed E-state index contributed by atoms with van der Waals surface area (Å²) in [6.07, 6.45) is 2.43. The number of carbonyl (C=O) groups is 1. The zero-order valence-corrected chi connectivity index (χ0v) is 10.8. The molecule has 3 nitrogen and oxygen atoms in total. The molecule has 5 heteroatoms. The topological polar surface area (TPSA) is 42.0 Å². The fraction of sp³-hybridized carbons (Fsp3) is 0.455. The first-order chi connectivity index (χ1) is 7.46. The third kappa shape index (κ3) is 3.56. The maximum atomic E-state index is 13.2. The quantitative estimate of drug-likeness (QED) is 0.865. The monoisotopic (exact) mass is 288 g/mol. The predicted molar refractivity (Wildman–Crippen MR) is 64.1 cm³/mol. The summed E-state index contributed by atoms with van der Waals surface area (Å²) in [5.74, 6) is -1.01. The smallest absolute Gasteiger partial charge is 0.254 e. The Morgan fingerprint density at radius 3 is 2.88 bits per heavy atom. The van der Waals surface area contributed by atoms with Gasteiger partial charge in [-0.2, -0.15) is 0 Å². The highest BCUT2D eigenvalue weighted by Gasteiger charge is 2.18. The van der Waals surface area contributed by atoms with Gasteiger partial charge in [-0.05, 0) is 11.5 Å². The lowest BCUT2D eigenvalue weighted by atomic mass is 9.97. The van der Waals surface area contributed by atoms with E-state index in [1.54, 1.807) is 0 Å². The number of halogens is 2. The van der Waals surface area contributed by atoms with Crippen molar-refractivity contribution < 1.29 is 9.18 Å². The van der Waals surface area contributed by atoms with Crippen molar-refractivity contribution in [1.82, 2.24) is 10.3 Å². The molecule has 0 unspecified atom stereocenters. The maximum Gasteiger partial charge on any atom is 0.254 e. The van der Waals surface area contributed by atoms with Gasteiger partial charge in [0, 0.05) is 18.1 Å². The molecule has 1 amide bonds. The van der Waals surface area contributed by atoms with Crippen LogP contribution >= 0.6 is 15.9 Å². The van der Waals surface area contributed by atoms with Crippen LogP contribution in [0.1, 0.15) is 24.2 Å². The molecule has 0 saturated carbocycles. The van der Waals surface area contributed by atoms with Crippen LogP contribution in [-0.4, -0.2) is 22.8 Å². The van der Waals surface area contributed by atoms with Gasteiger partial charge < -0.3 is 5.32 Å². The molecule has 0 aromatic carbocycles. The molecular formula is C11H14BrFN2O. The summed E-state index contributed by atoms with van der Waals surface area (Å²) in [6.45, 7) is 4.49. The summed E-state index contributed by atoms with van der Waals surface area (Å²) in [7, 11) is 0. The molecule has 0 radical (unpaired) electrons. The normalized spacial score (nSPS) is 11.2. The van der Waals surface area contributed by atoms with Crippen LogP contribution in [-0.2, 0) is 0 Å². The van der Waals surface area contributed by atoms with E-state index in [4.69, 9.17) is 0 Å². The van der Waals surface area contributed by atoms with Crippen LogP contribution in [0.2, 0.25) is 0 Å². The number of amides is 1. The van der Waals surface area contributed by atoms with E-state index >= 15 is 0 Å². The zero-order chi connectivity index (χ0) is 12.2. The molecule has 0 bridgehead atoms. The van der Waals surface area contributed by atoms with E-state index in [-0.39, 0.29) is 11.0 Å². The SMILES string of the molecule is CC(C)(CBr)CNC(=O)c1ccncc1F. The summed E-state index contributed by atoms with van der Waals surface area (Å²) in [5.41, 5.74) is -0.0283. The first kappa shape index (κ1) is 13.1. The molecule has 1 heterocycles. The molecule has 0 spiro atoms. The van der Waals surface area contributed by atoms with Gasteiger partial charge in [-0.15, -0.1) is 0 Å². The van der Waals surface area contributed by atoms with E-state index in [9.17, 15) is 9.18 Å². The van der Waals surface area contributed by atoms with Crippen LogP contribution in [0.25, 0.3) is 0 Å². The van der Waals surface area contributed by atoms with Crippen molar-refractivity contribution in [2.24, 2.45) is 5.41 Å². The minimum absolute atomic E-state index is 0.0281. The Bertz CT molecular complexity index is 382. The minimum Gasteiger partial charge on any atom is -0.351 e. The van der Waals surface area contributed by atoms with E-state index in [0.29, 0.717) is 6.54 Å². The van der Waals surface area contributed by atoms with Gasteiger partial charge in [-0.25, -0.2) is 4.39 Å². The fourth-order valence-electron chi connectivity index (χ4n) is 1.02. The largest absolute Gasteiger partial charge is 0.351 e. The van der Waals surface area contributed by atoms with Gasteiger partial charge in [0.05, 0.1) is 11.8 Å². The van der Waals surface area contributed by atoms with Crippen LogP contribution in [0.4, 0.5) is 4.39 Å². The first-order valence-corrected chi connectivity index (χ1v) is 6.02. The van der Waals surface area contributed by atoms with Crippen molar-refractivity contribution >= 4 is 21.8 Å². The molecule has 1 aromatic heterocycles. The predicted octanol–water partition coefficient (Wildman–Crippen LogP) is 2.37. The fourth-order valence-corrected chi connectivity index (χ4v) is 1.22. The average Bonchev–Trinajstić information content (AvgIpc) is 2.27. The second-order valence-electron chi connectivity index (χ2n) is 4.34. The number of carbonyl (C=O) groups excluding carboxylic acids is 1. The lowest BCUT2D eigenvalue weighted by molar-refractivity contribution is 0.0936. The minimum atomic E-state index is -0.600. The number of nitrogens with one attached hydrogen (secondary N) is 1. The summed E-state index contributed by atoms with van der Waals surface area (Å²) >= 11 is 3.36. The second kappa shape index (κ2) is 5.39. The van der Waals surface area contributed by atoms with E-state index in [2.05, 4.69) is 26.2 Å². The third-order valence-corrected chi connectivity index (χ3v) is 3.62. The van der Waals surface area contributed by atoms with Gasteiger partial charge in [0.1, 0.15) is 0 Å². The Kier molecular flexibility index (Phi) is 4.41. The molecule has 0 aliphatic carbocycles. The Balaban J connectivity index is 2.64. The van der Waals surface area contributed by atoms with Crippen LogP contribution < -0.4 is 5.32 Å². The lowest BCUT2D eigenvalue weighted by Gasteiger charge is -2.21. The molecular weight excluding hydrogens is 275 g/mol. The second-order valence-corrected chi connectivity index (χ2v) is 4.90. The molecule has 1 aromatic rings. The number of alkyl halides is 1. The standard InChI is InChI=1S/C11H14BrFN2O/c1-11(2,6-12)7-15-10(16)8-3-4-14-5-9(8)13/h3-5H,6-7H2,1-2H3,(H,15,16). The Labute approximate surface area is 103 Å². The van der Waals surface area contributed by atoms with Crippen molar-refractivity contribution in [3.05, 3.63) is 29.8 Å². The summed E-state index contributed by atoms with van der Waals surface area (Å²) in [6, 6.07) is 1.37. The van der Waals surface area contributed by atoms with Crippen molar-refractivity contribution in [1.29, 1.82) is 0 Å². The van der Waals surface area contributed by atoms with Gasteiger partial charge in [0.2, 0.25) is 0 Å². The lowest BCUT2D eigenvalue weighted by Crippen LogP contribution is -2.35. The Morgan fingerprint density at radius 1 is 1.62 bits per heavy atom. The number of aromatic nitrogens is 1. The van der Waals surface area contributed by atoms with Gasteiger partial charge in [-0.1, -0.05) is 29.8 Å².